The zero-order chi connectivity index (χ0) is 12.3. The van der Waals surface area contributed by atoms with Crippen LogP contribution in [0.3, 0.4) is 0 Å². The Kier molecular flexibility index (Phi) is 3.59. The van der Waals surface area contributed by atoms with E-state index in [1.165, 1.54) is 6.07 Å². The number of halogens is 2. The van der Waals surface area contributed by atoms with E-state index in [4.69, 9.17) is 16.3 Å². The Balaban J connectivity index is 2.22. The van der Waals surface area contributed by atoms with Crippen LogP contribution in [0, 0.1) is 12.7 Å². The number of hydrogen-bond donors (Lipinski definition) is 0. The lowest BCUT2D eigenvalue weighted by atomic mass is 10.2. The number of hydrogen-bond acceptors (Lipinski definition) is 2. The summed E-state index contributed by atoms with van der Waals surface area (Å²) in [6.45, 7) is 1.70. The van der Waals surface area contributed by atoms with Gasteiger partial charge in [-0.3, -0.25) is 0 Å². The quantitative estimate of drug-likeness (QED) is 0.768. The Bertz CT molecular complexity index is 531. The zero-order valence-corrected chi connectivity index (χ0v) is 10.0. The van der Waals surface area contributed by atoms with Gasteiger partial charge in [-0.2, -0.15) is 0 Å². The third-order valence-electron chi connectivity index (χ3n) is 2.32. The molecule has 0 aliphatic carbocycles. The van der Waals surface area contributed by atoms with Crippen LogP contribution in [0.5, 0.6) is 11.6 Å². The predicted molar refractivity (Wildman–Crippen MR) is 65.0 cm³/mol. The summed E-state index contributed by atoms with van der Waals surface area (Å²) in [6, 6.07) is 8.23. The molecule has 0 saturated carbocycles. The molecule has 1 heterocycles. The smallest absolute Gasteiger partial charge is 0.219 e. The fraction of sp³-hybridized carbons (Fsp3) is 0.154. The van der Waals surface area contributed by atoms with Crippen LogP contribution in [0.25, 0.3) is 0 Å². The molecule has 0 bridgehead atoms. The van der Waals surface area contributed by atoms with Gasteiger partial charge in [0.1, 0.15) is 11.6 Å². The van der Waals surface area contributed by atoms with Gasteiger partial charge in [-0.25, -0.2) is 9.37 Å². The third kappa shape index (κ3) is 2.94. The molecule has 2 aromatic rings. The zero-order valence-electron chi connectivity index (χ0n) is 9.28. The average Bonchev–Trinajstić information content (AvgIpc) is 2.34. The average molecular weight is 252 g/mol. The van der Waals surface area contributed by atoms with Crippen LogP contribution in [0.15, 0.2) is 36.5 Å². The molecule has 0 fully saturated rings. The second kappa shape index (κ2) is 5.15. The van der Waals surface area contributed by atoms with E-state index >= 15 is 0 Å². The molecule has 0 saturated heterocycles. The first-order valence-corrected chi connectivity index (χ1v) is 5.67. The molecule has 4 heteroatoms. The van der Waals surface area contributed by atoms with E-state index in [9.17, 15) is 4.39 Å². The number of rotatable bonds is 3. The lowest BCUT2D eigenvalue weighted by Gasteiger charge is -2.06. The fourth-order valence-electron chi connectivity index (χ4n) is 1.35. The van der Waals surface area contributed by atoms with Gasteiger partial charge in [0, 0.05) is 24.2 Å². The summed E-state index contributed by atoms with van der Waals surface area (Å²) in [7, 11) is 0. The van der Waals surface area contributed by atoms with Gasteiger partial charge in [0.25, 0.3) is 0 Å². The van der Waals surface area contributed by atoms with Crippen molar-refractivity contribution < 1.29 is 9.13 Å². The van der Waals surface area contributed by atoms with Crippen LogP contribution in [0.2, 0.25) is 0 Å². The molecule has 0 amide bonds. The minimum Gasteiger partial charge on any atom is -0.439 e. The van der Waals surface area contributed by atoms with Crippen molar-refractivity contribution in [1.29, 1.82) is 0 Å². The second-order valence-electron chi connectivity index (χ2n) is 3.65. The van der Waals surface area contributed by atoms with Crippen LogP contribution in [-0.2, 0) is 5.88 Å². The first-order valence-electron chi connectivity index (χ1n) is 5.14. The van der Waals surface area contributed by atoms with Crippen LogP contribution < -0.4 is 4.74 Å². The molecule has 2 nitrogen and oxygen atoms in total. The van der Waals surface area contributed by atoms with Crippen molar-refractivity contribution in [2.75, 3.05) is 0 Å². The van der Waals surface area contributed by atoms with Gasteiger partial charge in [-0.15, -0.1) is 11.6 Å². The maximum Gasteiger partial charge on any atom is 0.219 e. The highest BCUT2D eigenvalue weighted by molar-refractivity contribution is 6.17. The van der Waals surface area contributed by atoms with E-state index in [2.05, 4.69) is 4.98 Å². The minimum atomic E-state index is -0.295. The number of alkyl halides is 1. The molecule has 1 aromatic heterocycles. The number of ether oxygens (including phenoxy) is 1. The summed E-state index contributed by atoms with van der Waals surface area (Å²) < 4.78 is 18.8. The molecule has 0 N–H and O–H groups in total. The molecule has 0 atom stereocenters. The Morgan fingerprint density at radius 2 is 2.12 bits per heavy atom. The minimum absolute atomic E-state index is 0.295. The monoisotopic (exact) mass is 251 g/mol. The van der Waals surface area contributed by atoms with E-state index in [0.717, 1.165) is 5.56 Å². The molecule has 0 radical (unpaired) electrons. The third-order valence-corrected chi connectivity index (χ3v) is 2.63. The Labute approximate surface area is 104 Å². The second-order valence-corrected chi connectivity index (χ2v) is 3.92. The van der Waals surface area contributed by atoms with E-state index in [1.54, 1.807) is 37.4 Å². The van der Waals surface area contributed by atoms with Gasteiger partial charge in [0.2, 0.25) is 5.88 Å². The van der Waals surface area contributed by atoms with Gasteiger partial charge in [0.15, 0.2) is 0 Å². The SMILES string of the molecule is Cc1ccc(Oc2cc(CCl)ccn2)cc1F. The van der Waals surface area contributed by atoms with Crippen LogP contribution >= 0.6 is 11.6 Å². The van der Waals surface area contributed by atoms with E-state index in [1.807, 2.05) is 0 Å². The number of nitrogens with zero attached hydrogens (tertiary/aromatic N) is 1. The van der Waals surface area contributed by atoms with Crippen molar-refractivity contribution >= 4 is 11.6 Å². The summed E-state index contributed by atoms with van der Waals surface area (Å²) in [5.41, 5.74) is 1.49. The molecule has 0 unspecified atom stereocenters. The first-order chi connectivity index (χ1) is 8.19. The fourth-order valence-corrected chi connectivity index (χ4v) is 1.51. The summed E-state index contributed by atoms with van der Waals surface area (Å²) in [5.74, 6) is 0.927. The normalized spacial score (nSPS) is 10.3. The van der Waals surface area contributed by atoms with Crippen LogP contribution in [-0.4, -0.2) is 4.98 Å². The Morgan fingerprint density at radius 1 is 1.29 bits per heavy atom. The number of aryl methyl sites for hydroxylation is 1. The first kappa shape index (κ1) is 11.9. The van der Waals surface area contributed by atoms with Gasteiger partial charge in [-0.05, 0) is 30.2 Å². The molecule has 0 aliphatic rings. The largest absolute Gasteiger partial charge is 0.439 e. The predicted octanol–water partition coefficient (Wildman–Crippen LogP) is 4.06. The van der Waals surface area contributed by atoms with Crippen molar-refractivity contribution in [3.8, 4) is 11.6 Å². The molecule has 2 rings (SSSR count). The lowest BCUT2D eigenvalue weighted by Crippen LogP contribution is -1.91. The van der Waals surface area contributed by atoms with Gasteiger partial charge >= 0.3 is 0 Å². The highest BCUT2D eigenvalue weighted by atomic mass is 35.5. The highest BCUT2D eigenvalue weighted by Crippen LogP contribution is 2.22. The topological polar surface area (TPSA) is 22.1 Å². The van der Waals surface area contributed by atoms with Gasteiger partial charge in [-0.1, -0.05) is 6.07 Å². The van der Waals surface area contributed by atoms with Gasteiger partial charge < -0.3 is 4.74 Å². The van der Waals surface area contributed by atoms with Crippen LogP contribution in [0.4, 0.5) is 4.39 Å². The standard InChI is InChI=1S/C13H11ClFNO/c1-9-2-3-11(7-12(9)15)17-13-6-10(8-14)4-5-16-13/h2-7H,8H2,1H3. The summed E-state index contributed by atoms with van der Waals surface area (Å²) in [4.78, 5) is 4.03. The van der Waals surface area contributed by atoms with E-state index in [-0.39, 0.29) is 5.82 Å². The molecule has 1 aromatic carbocycles. The summed E-state index contributed by atoms with van der Waals surface area (Å²) in [5, 5.41) is 0. The van der Waals surface area contributed by atoms with E-state index in [0.29, 0.717) is 23.1 Å². The lowest BCUT2D eigenvalue weighted by molar-refractivity contribution is 0.457. The van der Waals surface area contributed by atoms with Crippen molar-refractivity contribution in [3.05, 3.63) is 53.5 Å². The molecule has 88 valence electrons. The Morgan fingerprint density at radius 3 is 2.82 bits per heavy atom. The molecule has 0 aliphatic heterocycles. The molecule has 0 spiro atoms. The highest BCUT2D eigenvalue weighted by Gasteiger charge is 2.03. The van der Waals surface area contributed by atoms with Crippen molar-refractivity contribution in [2.45, 2.75) is 12.8 Å². The summed E-state index contributed by atoms with van der Waals surface area (Å²) >= 11 is 5.70. The number of aromatic nitrogens is 1. The molecular formula is C13H11ClFNO. The molecular weight excluding hydrogens is 241 g/mol. The Hall–Kier alpha value is -1.61. The van der Waals surface area contributed by atoms with Crippen molar-refractivity contribution in [1.82, 2.24) is 4.98 Å². The van der Waals surface area contributed by atoms with Crippen molar-refractivity contribution in [3.63, 3.8) is 0 Å². The maximum absolute atomic E-state index is 13.3. The summed E-state index contributed by atoms with van der Waals surface area (Å²) in [6.07, 6.45) is 1.61. The molecule has 17 heavy (non-hydrogen) atoms. The van der Waals surface area contributed by atoms with E-state index < -0.39 is 0 Å². The number of benzene rings is 1. The van der Waals surface area contributed by atoms with Gasteiger partial charge in [0.05, 0.1) is 0 Å². The number of pyridine rings is 1. The van der Waals surface area contributed by atoms with Crippen molar-refractivity contribution in [2.24, 2.45) is 0 Å². The van der Waals surface area contributed by atoms with Crippen LogP contribution in [0.1, 0.15) is 11.1 Å². The maximum atomic E-state index is 13.3.